The molecule has 0 aromatic carbocycles. The molecule has 0 bridgehead atoms. The van der Waals surface area contributed by atoms with Crippen molar-refractivity contribution in [1.29, 1.82) is 0 Å². The molecule has 1 aliphatic heterocycles. The fourth-order valence-corrected chi connectivity index (χ4v) is 3.85. The molecule has 2 heterocycles. The van der Waals surface area contributed by atoms with Crippen LogP contribution < -0.4 is 10.6 Å². The molecule has 0 radical (unpaired) electrons. The number of rotatable bonds is 6. The van der Waals surface area contributed by atoms with E-state index >= 15 is 0 Å². The number of morpholine rings is 1. The van der Waals surface area contributed by atoms with E-state index in [2.05, 4.69) is 27.6 Å². The van der Waals surface area contributed by atoms with Gasteiger partial charge in [-0.25, -0.2) is 4.79 Å². The van der Waals surface area contributed by atoms with Crippen molar-refractivity contribution >= 4 is 6.03 Å². The van der Waals surface area contributed by atoms with E-state index in [-0.39, 0.29) is 18.1 Å². The highest BCUT2D eigenvalue weighted by Crippen LogP contribution is 2.27. The molecule has 1 aromatic heterocycles. The van der Waals surface area contributed by atoms with Gasteiger partial charge in [-0.3, -0.25) is 9.58 Å². The lowest BCUT2D eigenvalue weighted by atomic mass is 9.90. The number of hydrogen-bond donors (Lipinski definition) is 2. The van der Waals surface area contributed by atoms with Gasteiger partial charge in [0.15, 0.2) is 0 Å². The summed E-state index contributed by atoms with van der Waals surface area (Å²) in [5.74, 6) is 0.428. The van der Waals surface area contributed by atoms with Crippen molar-refractivity contribution in [3.8, 4) is 0 Å². The van der Waals surface area contributed by atoms with E-state index in [0.717, 1.165) is 52.1 Å². The molecular weight excluding hydrogens is 318 g/mol. The number of nitrogens with one attached hydrogen (secondary N) is 2. The molecule has 2 amide bonds. The number of urea groups is 1. The summed E-state index contributed by atoms with van der Waals surface area (Å²) in [5, 5.41) is 10.6. The van der Waals surface area contributed by atoms with E-state index in [1.54, 1.807) is 6.20 Å². The molecule has 2 fully saturated rings. The second-order valence-electron chi connectivity index (χ2n) is 7.32. The van der Waals surface area contributed by atoms with Crippen LogP contribution in [-0.2, 0) is 4.74 Å². The monoisotopic (exact) mass is 349 g/mol. The molecule has 2 aliphatic rings. The van der Waals surface area contributed by atoms with Gasteiger partial charge in [0.25, 0.3) is 0 Å². The summed E-state index contributed by atoms with van der Waals surface area (Å²) in [6.07, 6.45) is 8.24. The third-order valence-electron chi connectivity index (χ3n) is 5.20. The zero-order chi connectivity index (χ0) is 17.5. The van der Waals surface area contributed by atoms with Crippen LogP contribution in [0.25, 0.3) is 0 Å². The molecule has 25 heavy (non-hydrogen) atoms. The minimum atomic E-state index is -0.0575. The lowest BCUT2D eigenvalue weighted by Gasteiger charge is -2.32. The van der Waals surface area contributed by atoms with Gasteiger partial charge in [-0.1, -0.05) is 19.8 Å². The van der Waals surface area contributed by atoms with Crippen molar-refractivity contribution in [1.82, 2.24) is 25.3 Å². The molecule has 0 unspecified atom stereocenters. The van der Waals surface area contributed by atoms with Gasteiger partial charge in [-0.15, -0.1) is 0 Å². The highest BCUT2D eigenvalue weighted by molar-refractivity contribution is 5.74. The van der Waals surface area contributed by atoms with Crippen LogP contribution in [0, 0.1) is 5.92 Å². The molecule has 0 spiro atoms. The van der Waals surface area contributed by atoms with E-state index in [1.807, 2.05) is 16.9 Å². The van der Waals surface area contributed by atoms with Gasteiger partial charge in [0.1, 0.15) is 0 Å². The molecule has 2 N–H and O–H groups in total. The average molecular weight is 349 g/mol. The van der Waals surface area contributed by atoms with Crippen molar-refractivity contribution < 1.29 is 9.53 Å². The van der Waals surface area contributed by atoms with E-state index in [0.29, 0.717) is 12.5 Å². The van der Waals surface area contributed by atoms with Crippen molar-refractivity contribution in [3.05, 3.63) is 18.5 Å². The molecule has 1 aromatic rings. The van der Waals surface area contributed by atoms with Crippen LogP contribution in [0.15, 0.2) is 18.5 Å². The summed E-state index contributed by atoms with van der Waals surface area (Å²) >= 11 is 0. The minimum absolute atomic E-state index is 0.0575. The van der Waals surface area contributed by atoms with Crippen LogP contribution in [0.3, 0.4) is 0 Å². The average Bonchev–Trinajstić information content (AvgIpc) is 3.16. The number of ether oxygens (including phenoxy) is 1. The Bertz CT molecular complexity index is 516. The quantitative estimate of drug-likeness (QED) is 0.819. The first-order chi connectivity index (χ1) is 12.2. The van der Waals surface area contributed by atoms with E-state index < -0.39 is 0 Å². The van der Waals surface area contributed by atoms with Crippen LogP contribution in [0.4, 0.5) is 4.79 Å². The zero-order valence-corrected chi connectivity index (χ0v) is 15.2. The number of carbonyl (C=O) groups is 1. The first-order valence-electron chi connectivity index (χ1n) is 9.56. The van der Waals surface area contributed by atoms with Crippen molar-refractivity contribution in [2.24, 2.45) is 5.92 Å². The van der Waals surface area contributed by atoms with E-state index in [1.165, 1.54) is 6.42 Å². The van der Waals surface area contributed by atoms with E-state index in [9.17, 15) is 4.79 Å². The van der Waals surface area contributed by atoms with Crippen LogP contribution in [0.2, 0.25) is 0 Å². The highest BCUT2D eigenvalue weighted by atomic mass is 16.5. The SMILES string of the molecule is C[C@H](CNC(=O)N[C@H]1CCCC[C@H]1n1cccn1)CN1CCOCC1. The Kier molecular flexibility index (Phi) is 6.69. The molecule has 7 heteroatoms. The summed E-state index contributed by atoms with van der Waals surface area (Å²) in [5.41, 5.74) is 0. The van der Waals surface area contributed by atoms with Gasteiger partial charge in [0, 0.05) is 38.6 Å². The van der Waals surface area contributed by atoms with Gasteiger partial charge < -0.3 is 15.4 Å². The highest BCUT2D eigenvalue weighted by Gasteiger charge is 2.28. The Morgan fingerprint density at radius 2 is 2.12 bits per heavy atom. The number of carbonyl (C=O) groups excluding carboxylic acids is 1. The lowest BCUT2D eigenvalue weighted by molar-refractivity contribution is 0.0319. The molecule has 1 aliphatic carbocycles. The van der Waals surface area contributed by atoms with E-state index in [4.69, 9.17) is 4.74 Å². The third-order valence-corrected chi connectivity index (χ3v) is 5.20. The second-order valence-corrected chi connectivity index (χ2v) is 7.32. The van der Waals surface area contributed by atoms with Gasteiger partial charge in [0.05, 0.1) is 25.3 Å². The van der Waals surface area contributed by atoms with Crippen molar-refractivity contribution in [2.45, 2.75) is 44.7 Å². The maximum absolute atomic E-state index is 12.3. The molecule has 1 saturated carbocycles. The molecule has 1 saturated heterocycles. The maximum Gasteiger partial charge on any atom is 0.315 e. The lowest BCUT2D eigenvalue weighted by Crippen LogP contribution is -2.49. The summed E-state index contributed by atoms with van der Waals surface area (Å²) in [4.78, 5) is 14.7. The largest absolute Gasteiger partial charge is 0.379 e. The summed E-state index contributed by atoms with van der Waals surface area (Å²) in [6.45, 7) is 7.50. The smallest absolute Gasteiger partial charge is 0.315 e. The van der Waals surface area contributed by atoms with Crippen molar-refractivity contribution in [3.63, 3.8) is 0 Å². The number of aromatic nitrogens is 2. The molecule has 3 atom stereocenters. The Labute approximate surface area is 150 Å². The van der Waals surface area contributed by atoms with Crippen LogP contribution in [0.1, 0.15) is 38.6 Å². The topological polar surface area (TPSA) is 71.4 Å². The summed E-state index contributed by atoms with van der Waals surface area (Å²) in [6, 6.07) is 2.31. The molecule has 3 rings (SSSR count). The Hall–Kier alpha value is -1.60. The van der Waals surface area contributed by atoms with Gasteiger partial charge in [-0.05, 0) is 24.8 Å². The summed E-state index contributed by atoms with van der Waals surface area (Å²) in [7, 11) is 0. The second kappa shape index (κ2) is 9.20. The predicted octanol–water partition coefficient (Wildman–Crippen LogP) is 1.63. The zero-order valence-electron chi connectivity index (χ0n) is 15.2. The standard InChI is InChI=1S/C18H31N5O2/c1-15(14-22-9-11-25-12-10-22)13-19-18(24)21-16-5-2-3-6-17(16)23-8-4-7-20-23/h4,7-8,15-17H,2-3,5-6,9-14H2,1H3,(H2,19,21,24)/t15-,16+,17-/m1/s1. The predicted molar refractivity (Wildman–Crippen MR) is 96.5 cm³/mol. The number of hydrogen-bond acceptors (Lipinski definition) is 4. The number of amides is 2. The Morgan fingerprint density at radius 3 is 2.88 bits per heavy atom. The fourth-order valence-electron chi connectivity index (χ4n) is 3.85. The molecule has 140 valence electrons. The van der Waals surface area contributed by atoms with Gasteiger partial charge in [-0.2, -0.15) is 5.10 Å². The van der Waals surface area contributed by atoms with Crippen LogP contribution >= 0.6 is 0 Å². The Morgan fingerprint density at radius 1 is 1.32 bits per heavy atom. The van der Waals surface area contributed by atoms with Gasteiger partial charge >= 0.3 is 6.03 Å². The van der Waals surface area contributed by atoms with Gasteiger partial charge in [0.2, 0.25) is 0 Å². The van der Waals surface area contributed by atoms with Crippen LogP contribution in [-0.4, -0.2) is 66.1 Å². The maximum atomic E-state index is 12.3. The van der Waals surface area contributed by atoms with Crippen molar-refractivity contribution in [2.75, 3.05) is 39.4 Å². The normalized spacial score (nSPS) is 26.1. The fraction of sp³-hybridized carbons (Fsp3) is 0.778. The number of nitrogens with zero attached hydrogens (tertiary/aromatic N) is 3. The minimum Gasteiger partial charge on any atom is -0.379 e. The molecular formula is C18H31N5O2. The Balaban J connectivity index is 1.41. The first kappa shape index (κ1) is 18.2. The first-order valence-corrected chi connectivity index (χ1v) is 9.56. The third kappa shape index (κ3) is 5.44. The summed E-state index contributed by atoms with van der Waals surface area (Å²) < 4.78 is 7.37. The molecule has 7 nitrogen and oxygen atoms in total. The van der Waals surface area contributed by atoms with Crippen LogP contribution in [0.5, 0.6) is 0 Å².